The summed E-state index contributed by atoms with van der Waals surface area (Å²) in [4.78, 5) is 71.6. The Balaban J connectivity index is 1.27. The van der Waals surface area contributed by atoms with Gasteiger partial charge < -0.3 is 29.7 Å². The molecule has 5 amide bonds. The second-order valence-corrected chi connectivity index (χ2v) is 17.5. The second-order valence-electron chi connectivity index (χ2n) is 15.0. The average Bonchev–Trinajstić information content (AvgIpc) is 3.43. The van der Waals surface area contributed by atoms with Crippen molar-refractivity contribution in [2.24, 2.45) is 5.92 Å². The van der Waals surface area contributed by atoms with Gasteiger partial charge >= 0.3 is 12.2 Å². The topological polar surface area (TPSA) is 190 Å². The van der Waals surface area contributed by atoms with E-state index in [-0.39, 0.29) is 57.0 Å². The maximum Gasteiger partial charge on any atom is 0.410 e. The van der Waals surface area contributed by atoms with Crippen LogP contribution in [0.5, 0.6) is 0 Å². The highest BCUT2D eigenvalue weighted by Gasteiger charge is 2.62. The number of amides is 5. The maximum atomic E-state index is 14.4. The number of alkyl carbamates (subject to hydrolysis) is 1. The zero-order valence-electron chi connectivity index (χ0n) is 31.2. The average molecular weight is 835 g/mol. The minimum absolute atomic E-state index is 0.0316. The minimum atomic E-state index is -4.37. The Bertz CT molecular complexity index is 2010. The molecule has 56 heavy (non-hydrogen) atoms. The number of rotatable bonds is 7. The molecule has 0 unspecified atom stereocenters. The van der Waals surface area contributed by atoms with Crippen LogP contribution in [0.3, 0.4) is 0 Å². The first kappa shape index (κ1) is 41.3. The molecule has 15 nitrogen and oxygen atoms in total. The van der Waals surface area contributed by atoms with Gasteiger partial charge in [0.2, 0.25) is 11.8 Å². The van der Waals surface area contributed by atoms with Gasteiger partial charge in [0.05, 0.1) is 24.6 Å². The first-order chi connectivity index (χ1) is 26.5. The van der Waals surface area contributed by atoms with Gasteiger partial charge in [-0.3, -0.25) is 19.3 Å². The number of carbonyl (C=O) groups is 5. The molecular formula is C38H45Cl2N5O10S. The van der Waals surface area contributed by atoms with Gasteiger partial charge in [-0.2, -0.15) is 0 Å². The molecule has 0 aromatic heterocycles. The lowest BCUT2D eigenvalue weighted by atomic mass is 10.1. The molecule has 18 heteroatoms. The predicted molar refractivity (Wildman–Crippen MR) is 204 cm³/mol. The van der Waals surface area contributed by atoms with Crippen LogP contribution < -0.4 is 15.4 Å². The van der Waals surface area contributed by atoms with Crippen molar-refractivity contribution in [2.45, 2.75) is 100 Å². The van der Waals surface area contributed by atoms with E-state index >= 15 is 0 Å². The van der Waals surface area contributed by atoms with Gasteiger partial charge in [0, 0.05) is 42.0 Å². The van der Waals surface area contributed by atoms with E-state index in [9.17, 15) is 32.4 Å². The zero-order chi connectivity index (χ0) is 40.4. The highest BCUT2D eigenvalue weighted by Crippen LogP contribution is 2.46. The monoisotopic (exact) mass is 833 g/mol. The molecule has 3 aliphatic heterocycles. The van der Waals surface area contributed by atoms with Gasteiger partial charge in [-0.1, -0.05) is 54.4 Å². The number of hydrogen-bond acceptors (Lipinski definition) is 10. The Labute approximate surface area is 335 Å². The summed E-state index contributed by atoms with van der Waals surface area (Å²) in [5.41, 5.74) is -0.858. The van der Waals surface area contributed by atoms with Gasteiger partial charge in [0.15, 0.2) is 0 Å². The molecule has 0 bridgehead atoms. The standard InChI is InChI=1S/C38H45Cl2N5O10S/c1-4-37(2,3)55-35(49)41-30-15-17-53-16-6-5-9-24-19-38(24,34(48)43-56(51,52)27-13-11-25(39)12-14-27)42-32(46)31-18-26(21-45(31)33(30)47)54-36(50)44-20-23-8-7-10-29(40)28(23)22-44/h5,7-14,24,26,30-31H,4,6,15-22H2,1-3H3,(H,41,49)(H,42,46)(H,43,48)/t24-,26-,30+,31+,38-/m1/s1. The van der Waals surface area contributed by atoms with E-state index in [1.54, 1.807) is 38.1 Å². The van der Waals surface area contributed by atoms with Crippen molar-refractivity contribution in [1.82, 2.24) is 25.2 Å². The molecule has 302 valence electrons. The third-order valence-corrected chi connectivity index (χ3v) is 12.5. The lowest BCUT2D eigenvalue weighted by Gasteiger charge is -2.30. The van der Waals surface area contributed by atoms with E-state index in [0.717, 1.165) is 11.1 Å². The van der Waals surface area contributed by atoms with E-state index < -0.39 is 75.2 Å². The number of sulfonamides is 1. The molecule has 1 saturated heterocycles. The van der Waals surface area contributed by atoms with Crippen molar-refractivity contribution in [3.63, 3.8) is 0 Å². The summed E-state index contributed by atoms with van der Waals surface area (Å²) in [6, 6.07) is 8.13. The third kappa shape index (κ3) is 9.25. The first-order valence-electron chi connectivity index (χ1n) is 18.4. The Morgan fingerprint density at radius 2 is 1.82 bits per heavy atom. The Hall–Kier alpha value is -4.38. The highest BCUT2D eigenvalue weighted by atomic mass is 35.5. The Morgan fingerprint density at radius 1 is 1.07 bits per heavy atom. The summed E-state index contributed by atoms with van der Waals surface area (Å²) < 4.78 is 45.9. The van der Waals surface area contributed by atoms with E-state index in [0.29, 0.717) is 22.9 Å². The van der Waals surface area contributed by atoms with Crippen LogP contribution in [0.15, 0.2) is 59.5 Å². The smallest absolute Gasteiger partial charge is 0.410 e. The van der Waals surface area contributed by atoms with Crippen LogP contribution in [0.1, 0.15) is 64.0 Å². The molecule has 5 atom stereocenters. The molecule has 1 saturated carbocycles. The van der Waals surface area contributed by atoms with Crippen LogP contribution in [-0.2, 0) is 51.7 Å². The number of carbonyl (C=O) groups excluding carboxylic acids is 5. The van der Waals surface area contributed by atoms with Crippen LogP contribution in [0.4, 0.5) is 9.59 Å². The first-order valence-corrected chi connectivity index (χ1v) is 20.7. The fourth-order valence-corrected chi connectivity index (χ4v) is 8.36. The van der Waals surface area contributed by atoms with Gasteiger partial charge in [-0.15, -0.1) is 0 Å². The number of nitrogens with zero attached hydrogens (tertiary/aromatic N) is 2. The van der Waals surface area contributed by atoms with Crippen LogP contribution in [0, 0.1) is 5.92 Å². The lowest BCUT2D eigenvalue weighted by Crippen LogP contribution is -2.58. The third-order valence-electron chi connectivity index (χ3n) is 10.6. The van der Waals surface area contributed by atoms with Gasteiger partial charge in [-0.05, 0) is 74.6 Å². The van der Waals surface area contributed by atoms with Crippen molar-refractivity contribution in [2.75, 3.05) is 19.8 Å². The fourth-order valence-electron chi connectivity index (χ4n) is 6.94. The highest BCUT2D eigenvalue weighted by molar-refractivity contribution is 7.90. The van der Waals surface area contributed by atoms with E-state index in [4.69, 9.17) is 37.4 Å². The summed E-state index contributed by atoms with van der Waals surface area (Å²) in [6.07, 6.45) is 1.87. The molecule has 2 fully saturated rings. The van der Waals surface area contributed by atoms with Crippen molar-refractivity contribution < 1.29 is 46.6 Å². The summed E-state index contributed by atoms with van der Waals surface area (Å²) in [7, 11) is -4.37. The molecule has 6 rings (SSSR count). The second kappa shape index (κ2) is 16.6. The van der Waals surface area contributed by atoms with Crippen molar-refractivity contribution in [1.29, 1.82) is 0 Å². The Kier molecular flexibility index (Phi) is 12.2. The molecule has 3 heterocycles. The Morgan fingerprint density at radius 3 is 2.54 bits per heavy atom. The largest absolute Gasteiger partial charge is 0.444 e. The van der Waals surface area contributed by atoms with Gasteiger partial charge in [-0.25, -0.2) is 22.7 Å². The fraction of sp³-hybridized carbons (Fsp3) is 0.500. The van der Waals surface area contributed by atoms with Crippen molar-refractivity contribution in [3.8, 4) is 0 Å². The SMILES string of the molecule is CCC(C)(C)OC(=O)N[C@H]1CCOCCC=C[C@@H]2C[C@@]2(C(=O)NS(=O)(=O)c2ccc(Cl)cc2)NC(=O)[C@@H]2C[C@@H](OC(=O)N3Cc4cccc(Cl)c4C3)CN2C1=O. The molecule has 1 aliphatic carbocycles. The summed E-state index contributed by atoms with van der Waals surface area (Å²) in [5, 5.41) is 6.21. The number of ether oxygens (including phenoxy) is 3. The van der Waals surface area contributed by atoms with Crippen LogP contribution in [0.25, 0.3) is 0 Å². The van der Waals surface area contributed by atoms with Crippen molar-refractivity contribution in [3.05, 3.63) is 75.8 Å². The van der Waals surface area contributed by atoms with Crippen LogP contribution >= 0.6 is 23.2 Å². The zero-order valence-corrected chi connectivity index (χ0v) is 33.5. The quantitative estimate of drug-likeness (QED) is 0.337. The minimum Gasteiger partial charge on any atom is -0.444 e. The normalized spacial score (nSPS) is 25.4. The molecule has 0 radical (unpaired) electrons. The number of benzene rings is 2. The molecular weight excluding hydrogens is 789 g/mol. The van der Waals surface area contributed by atoms with Gasteiger partial charge in [0.25, 0.3) is 15.9 Å². The summed E-state index contributed by atoms with van der Waals surface area (Å²) in [5.74, 6) is -3.00. The molecule has 0 spiro atoms. The lowest BCUT2D eigenvalue weighted by molar-refractivity contribution is -0.141. The van der Waals surface area contributed by atoms with E-state index in [1.165, 1.54) is 34.1 Å². The summed E-state index contributed by atoms with van der Waals surface area (Å²) in [6.45, 7) is 5.86. The molecule has 4 aliphatic rings. The molecule has 2 aromatic rings. The van der Waals surface area contributed by atoms with Crippen LogP contribution in [0.2, 0.25) is 10.0 Å². The number of hydrogen-bond donors (Lipinski definition) is 3. The predicted octanol–water partition coefficient (Wildman–Crippen LogP) is 4.45. The summed E-state index contributed by atoms with van der Waals surface area (Å²) >= 11 is 12.3. The van der Waals surface area contributed by atoms with E-state index in [1.807, 2.05) is 13.0 Å². The number of halogens is 2. The number of nitrogens with one attached hydrogen (secondary N) is 3. The molecule has 2 aromatic carbocycles. The van der Waals surface area contributed by atoms with Gasteiger partial charge in [0.1, 0.15) is 29.3 Å². The molecule has 3 N–H and O–H groups in total. The number of fused-ring (bicyclic) bond motifs is 3. The van der Waals surface area contributed by atoms with Crippen molar-refractivity contribution >= 4 is 63.1 Å². The maximum absolute atomic E-state index is 14.4. The van der Waals surface area contributed by atoms with E-state index in [2.05, 4.69) is 15.4 Å². The van der Waals surface area contributed by atoms with Crippen LogP contribution in [-0.4, -0.2) is 97.2 Å².